The maximum atomic E-state index is 7.50. The maximum Gasteiger partial charge on any atom is 0.281 e. The van der Waals surface area contributed by atoms with Gasteiger partial charge in [-0.2, -0.15) is 0 Å². The molecule has 0 aromatic carbocycles. The minimum atomic E-state index is 0. The Morgan fingerprint density at radius 2 is 1.53 bits per heavy atom. The number of hydrogen-bond donors (Lipinski definition) is 0. The van der Waals surface area contributed by atoms with Gasteiger partial charge >= 0.3 is 0 Å². The summed E-state index contributed by atoms with van der Waals surface area (Å²) in [5, 5.41) is 0. The van der Waals surface area contributed by atoms with Gasteiger partial charge in [-0.05, 0) is 36.5 Å². The molecular formula is C12H12O2Zr. The summed E-state index contributed by atoms with van der Waals surface area (Å²) in [6, 6.07) is 0. The van der Waals surface area contributed by atoms with Crippen LogP contribution in [-0.4, -0.2) is 13.6 Å². The largest absolute Gasteiger partial charge is 0.281 e. The van der Waals surface area contributed by atoms with Crippen molar-refractivity contribution in [3.05, 3.63) is 24.3 Å². The second-order valence-corrected chi connectivity index (χ2v) is 3.85. The van der Waals surface area contributed by atoms with E-state index in [0.29, 0.717) is 0 Å². The number of fused-ring (bicyclic) bond motifs is 5. The van der Waals surface area contributed by atoms with Crippen molar-refractivity contribution in [3.8, 4) is 0 Å². The van der Waals surface area contributed by atoms with E-state index >= 15 is 0 Å². The molecule has 0 aromatic heterocycles. The molecule has 0 spiro atoms. The van der Waals surface area contributed by atoms with Gasteiger partial charge in [0.1, 0.15) is 0 Å². The van der Waals surface area contributed by atoms with Crippen LogP contribution < -0.4 is 0 Å². The first-order valence-electron chi connectivity index (χ1n) is 4.71. The van der Waals surface area contributed by atoms with Gasteiger partial charge < -0.3 is 0 Å². The average molecular weight is 279 g/mol. The van der Waals surface area contributed by atoms with Crippen LogP contribution in [0.5, 0.6) is 0 Å². The van der Waals surface area contributed by atoms with E-state index in [9.17, 15) is 0 Å². The SMILES string of the molecule is C1=CC2C3C=CC(C3)C2C1.[C]=O.[C]=O.[Zr]. The van der Waals surface area contributed by atoms with Crippen molar-refractivity contribution in [1.82, 2.24) is 0 Å². The van der Waals surface area contributed by atoms with Crippen molar-refractivity contribution in [3.63, 3.8) is 0 Å². The summed E-state index contributed by atoms with van der Waals surface area (Å²) < 4.78 is 0. The Morgan fingerprint density at radius 3 is 2.13 bits per heavy atom. The Bertz CT molecular complexity index is 248. The van der Waals surface area contributed by atoms with Gasteiger partial charge in [-0.15, -0.1) is 0 Å². The summed E-state index contributed by atoms with van der Waals surface area (Å²) in [5.74, 6) is 3.82. The Hall–Kier alpha value is -0.297. The van der Waals surface area contributed by atoms with Crippen LogP contribution in [-0.2, 0) is 35.8 Å². The van der Waals surface area contributed by atoms with Gasteiger partial charge in [0.2, 0.25) is 0 Å². The molecule has 0 aromatic rings. The molecule has 3 aliphatic carbocycles. The molecule has 4 unspecified atom stereocenters. The normalized spacial score (nSPS) is 36.8. The van der Waals surface area contributed by atoms with E-state index in [1.54, 1.807) is 0 Å². The summed E-state index contributed by atoms with van der Waals surface area (Å²) in [6.45, 7) is 9.00. The standard InChI is InChI=1S/C10H12.2CO.Zr/c1-2-9-7-4-5-8(6-7)10(9)3-1;2*1-2;/h1-2,4-5,7-10H,3,6H2;;;. The number of carbonyl (C=O) groups excluding carboxylic acids is 2. The van der Waals surface area contributed by atoms with E-state index in [0.717, 1.165) is 23.7 Å². The van der Waals surface area contributed by atoms with Crippen LogP contribution in [0.2, 0.25) is 0 Å². The van der Waals surface area contributed by atoms with Crippen molar-refractivity contribution in [2.45, 2.75) is 12.8 Å². The molecule has 1 saturated carbocycles. The second-order valence-electron chi connectivity index (χ2n) is 3.85. The zero-order chi connectivity index (χ0) is 10.6. The monoisotopic (exact) mass is 278 g/mol. The van der Waals surface area contributed by atoms with Crippen molar-refractivity contribution in [1.29, 1.82) is 0 Å². The van der Waals surface area contributed by atoms with Crippen LogP contribution >= 0.6 is 0 Å². The molecule has 3 rings (SSSR count). The molecule has 0 N–H and O–H groups in total. The van der Waals surface area contributed by atoms with Gasteiger partial charge in [0, 0.05) is 26.2 Å². The predicted octanol–water partition coefficient (Wildman–Crippen LogP) is 1.59. The summed E-state index contributed by atoms with van der Waals surface area (Å²) in [4.78, 5) is 15.0. The minimum Gasteiger partial charge on any atom is -0.281 e. The van der Waals surface area contributed by atoms with E-state index < -0.39 is 0 Å². The Kier molecular flexibility index (Phi) is 6.92. The molecular weight excluding hydrogens is 267 g/mol. The van der Waals surface area contributed by atoms with Crippen LogP contribution in [0, 0.1) is 23.7 Å². The van der Waals surface area contributed by atoms with Crippen LogP contribution in [0.15, 0.2) is 24.3 Å². The Morgan fingerprint density at radius 1 is 0.933 bits per heavy atom. The molecule has 0 saturated heterocycles. The first kappa shape index (κ1) is 14.7. The molecule has 15 heavy (non-hydrogen) atoms. The summed E-state index contributed by atoms with van der Waals surface area (Å²) in [6.07, 6.45) is 12.5. The summed E-state index contributed by atoms with van der Waals surface area (Å²) in [5.41, 5.74) is 0. The number of hydrogen-bond acceptors (Lipinski definition) is 2. The van der Waals surface area contributed by atoms with Crippen LogP contribution in [0.25, 0.3) is 0 Å². The van der Waals surface area contributed by atoms with Crippen LogP contribution in [0.4, 0.5) is 0 Å². The van der Waals surface area contributed by atoms with Crippen molar-refractivity contribution in [2.75, 3.05) is 0 Å². The first-order valence-corrected chi connectivity index (χ1v) is 4.71. The maximum absolute atomic E-state index is 7.50. The smallest absolute Gasteiger partial charge is 0.281 e. The molecule has 0 amide bonds. The fourth-order valence-corrected chi connectivity index (χ4v) is 2.97. The fraction of sp³-hybridized carbons (Fsp3) is 0.500. The third-order valence-electron chi connectivity index (χ3n) is 3.46. The molecule has 2 nitrogen and oxygen atoms in total. The van der Waals surface area contributed by atoms with E-state index in [4.69, 9.17) is 9.59 Å². The van der Waals surface area contributed by atoms with Crippen LogP contribution in [0.3, 0.4) is 0 Å². The predicted molar refractivity (Wildman–Crippen MR) is 52.9 cm³/mol. The molecule has 3 heteroatoms. The van der Waals surface area contributed by atoms with Gasteiger partial charge in [-0.1, -0.05) is 24.3 Å². The average Bonchev–Trinajstić information content (AvgIpc) is 2.97. The van der Waals surface area contributed by atoms with Gasteiger partial charge in [-0.3, -0.25) is 9.59 Å². The van der Waals surface area contributed by atoms with Crippen LogP contribution in [0.1, 0.15) is 12.8 Å². The Labute approximate surface area is 110 Å². The fourth-order valence-electron chi connectivity index (χ4n) is 2.97. The molecule has 0 aliphatic heterocycles. The van der Waals surface area contributed by atoms with E-state index in [2.05, 4.69) is 37.9 Å². The third kappa shape index (κ3) is 2.63. The second kappa shape index (κ2) is 7.06. The van der Waals surface area contributed by atoms with Gasteiger partial charge in [-0.25, -0.2) is 0 Å². The zero-order valence-corrected chi connectivity index (χ0v) is 10.8. The number of rotatable bonds is 0. The van der Waals surface area contributed by atoms with Crippen molar-refractivity contribution in [2.24, 2.45) is 23.7 Å². The molecule has 2 bridgehead atoms. The zero-order valence-electron chi connectivity index (χ0n) is 8.35. The molecule has 0 heterocycles. The molecule has 1 fully saturated rings. The van der Waals surface area contributed by atoms with Gasteiger partial charge in [0.25, 0.3) is 13.6 Å². The van der Waals surface area contributed by atoms with Gasteiger partial charge in [0.15, 0.2) is 0 Å². The van der Waals surface area contributed by atoms with E-state index in [1.807, 2.05) is 0 Å². The third-order valence-corrected chi connectivity index (χ3v) is 3.46. The molecule has 4 radical (unpaired) electrons. The van der Waals surface area contributed by atoms with E-state index in [-0.39, 0.29) is 26.2 Å². The molecule has 76 valence electrons. The quantitative estimate of drug-likeness (QED) is 0.631. The molecule has 3 aliphatic rings. The summed E-state index contributed by atoms with van der Waals surface area (Å²) in [7, 11) is 0. The van der Waals surface area contributed by atoms with Gasteiger partial charge in [0.05, 0.1) is 0 Å². The minimum absolute atomic E-state index is 0. The summed E-state index contributed by atoms with van der Waals surface area (Å²) >= 11 is 0. The molecule has 4 atom stereocenters. The van der Waals surface area contributed by atoms with Crippen molar-refractivity contribution < 1.29 is 35.8 Å². The first-order chi connectivity index (χ1) is 6.95. The topological polar surface area (TPSA) is 34.1 Å². The van der Waals surface area contributed by atoms with E-state index in [1.165, 1.54) is 12.8 Å². The Balaban J connectivity index is 0.000000358. The van der Waals surface area contributed by atoms with Crippen molar-refractivity contribution >= 4 is 13.6 Å². The number of allylic oxidation sites excluding steroid dienone is 4.